The summed E-state index contributed by atoms with van der Waals surface area (Å²) in [7, 11) is 0. The maximum Gasteiger partial charge on any atom is 0.306 e. The van der Waals surface area contributed by atoms with E-state index in [1.807, 2.05) is 20.1 Å². The van der Waals surface area contributed by atoms with E-state index in [-0.39, 0.29) is 6.42 Å². The predicted molar refractivity (Wildman–Crippen MR) is 102 cm³/mol. The van der Waals surface area contributed by atoms with Crippen LogP contribution in [0.25, 0.3) is 0 Å². The summed E-state index contributed by atoms with van der Waals surface area (Å²) in [5.41, 5.74) is 1.84. The number of amides is 1. The van der Waals surface area contributed by atoms with Gasteiger partial charge in [0.1, 0.15) is 17.3 Å². The van der Waals surface area contributed by atoms with Gasteiger partial charge >= 0.3 is 5.97 Å². The summed E-state index contributed by atoms with van der Waals surface area (Å²) >= 11 is 1.43. The minimum atomic E-state index is -1.20. The zero-order chi connectivity index (χ0) is 20.8. The Hall–Kier alpha value is -2.55. The molecule has 1 aromatic heterocycles. The summed E-state index contributed by atoms with van der Waals surface area (Å²) in [6, 6.07) is 3.22. The molecule has 0 bridgehead atoms. The summed E-state index contributed by atoms with van der Waals surface area (Å²) in [4.78, 5) is 32.8. The van der Waals surface area contributed by atoms with Crippen molar-refractivity contribution in [2.75, 3.05) is 11.6 Å². The molecule has 0 unspecified atom stereocenters. The molecule has 0 spiro atoms. The highest BCUT2D eigenvalue weighted by molar-refractivity contribution is 7.98. The summed E-state index contributed by atoms with van der Waals surface area (Å²) < 4.78 is 32.3. The number of anilines is 1. The van der Waals surface area contributed by atoms with Gasteiger partial charge in [0, 0.05) is 17.8 Å². The van der Waals surface area contributed by atoms with E-state index in [0.717, 1.165) is 29.1 Å². The number of rotatable bonds is 7. The van der Waals surface area contributed by atoms with E-state index in [4.69, 9.17) is 4.74 Å². The van der Waals surface area contributed by atoms with Crippen LogP contribution in [-0.4, -0.2) is 34.2 Å². The first-order chi connectivity index (χ1) is 13.2. The Kier molecular flexibility index (Phi) is 7.45. The number of ether oxygens (including phenoxy) is 1. The highest BCUT2D eigenvalue weighted by Gasteiger charge is 2.21. The van der Waals surface area contributed by atoms with Crippen molar-refractivity contribution in [1.29, 1.82) is 0 Å². The molecule has 1 heterocycles. The maximum atomic E-state index is 13.6. The molecular formula is C19H21F2N3O3S. The van der Waals surface area contributed by atoms with Crippen LogP contribution < -0.4 is 5.32 Å². The third kappa shape index (κ3) is 5.48. The molecule has 0 aliphatic carbocycles. The SMILES string of the molecule is CSc1nc(C)c(CCC(=O)O[C@@H](C)C(=O)Nc2c(F)cccc2F)c(C)n1. The number of hydrogen-bond acceptors (Lipinski definition) is 6. The van der Waals surface area contributed by atoms with Crippen molar-refractivity contribution in [1.82, 2.24) is 9.97 Å². The molecule has 0 fully saturated rings. The molecule has 1 atom stereocenters. The Balaban J connectivity index is 1.93. The molecule has 1 amide bonds. The number of nitrogens with one attached hydrogen (secondary N) is 1. The van der Waals surface area contributed by atoms with Crippen molar-refractivity contribution in [2.45, 2.75) is 44.9 Å². The van der Waals surface area contributed by atoms with Gasteiger partial charge in [0.2, 0.25) is 0 Å². The van der Waals surface area contributed by atoms with Crippen molar-refractivity contribution >= 4 is 29.3 Å². The monoisotopic (exact) mass is 409 g/mol. The van der Waals surface area contributed by atoms with Crippen LogP contribution in [0.1, 0.15) is 30.3 Å². The standard InChI is InChI=1S/C19H21F2N3O3S/c1-10-13(11(2)23-19(22-10)28-4)8-9-16(25)27-12(3)18(26)24-17-14(20)6-5-7-15(17)21/h5-7,12H,8-9H2,1-4H3,(H,24,26)/t12-/m0/s1. The van der Waals surface area contributed by atoms with Crippen molar-refractivity contribution in [3.05, 3.63) is 46.8 Å². The van der Waals surface area contributed by atoms with Crippen LogP contribution in [0.5, 0.6) is 0 Å². The van der Waals surface area contributed by atoms with Gasteiger partial charge in [-0.2, -0.15) is 0 Å². The van der Waals surface area contributed by atoms with E-state index in [2.05, 4.69) is 15.3 Å². The lowest BCUT2D eigenvalue weighted by Crippen LogP contribution is -2.30. The van der Waals surface area contributed by atoms with Crippen LogP contribution in [0.3, 0.4) is 0 Å². The molecule has 1 aromatic carbocycles. The molecule has 0 radical (unpaired) electrons. The molecule has 28 heavy (non-hydrogen) atoms. The fourth-order valence-electron chi connectivity index (χ4n) is 2.54. The van der Waals surface area contributed by atoms with Crippen LogP contribution in [-0.2, 0) is 20.7 Å². The van der Waals surface area contributed by atoms with E-state index < -0.39 is 35.3 Å². The first-order valence-corrected chi connectivity index (χ1v) is 9.77. The molecule has 0 saturated carbocycles. The fraction of sp³-hybridized carbons (Fsp3) is 0.368. The van der Waals surface area contributed by atoms with Gasteiger partial charge in [-0.25, -0.2) is 18.7 Å². The van der Waals surface area contributed by atoms with Crippen LogP contribution in [0.15, 0.2) is 23.4 Å². The van der Waals surface area contributed by atoms with E-state index in [1.165, 1.54) is 24.8 Å². The number of hydrogen-bond donors (Lipinski definition) is 1. The summed E-state index contributed by atoms with van der Waals surface area (Å²) in [6.45, 7) is 5.01. The number of para-hydroxylation sites is 1. The number of aromatic nitrogens is 2. The van der Waals surface area contributed by atoms with E-state index in [1.54, 1.807) is 0 Å². The van der Waals surface area contributed by atoms with Gasteiger partial charge in [-0.05, 0) is 51.1 Å². The smallest absolute Gasteiger partial charge is 0.306 e. The summed E-state index contributed by atoms with van der Waals surface area (Å²) in [5.74, 6) is -3.25. The lowest BCUT2D eigenvalue weighted by atomic mass is 10.1. The second kappa shape index (κ2) is 9.59. The molecule has 0 aliphatic heterocycles. The van der Waals surface area contributed by atoms with Gasteiger partial charge in [0.05, 0.1) is 0 Å². The number of esters is 1. The zero-order valence-corrected chi connectivity index (χ0v) is 16.8. The molecule has 0 saturated heterocycles. The highest BCUT2D eigenvalue weighted by Crippen LogP contribution is 2.19. The summed E-state index contributed by atoms with van der Waals surface area (Å²) in [5, 5.41) is 2.76. The van der Waals surface area contributed by atoms with Crippen LogP contribution in [0, 0.1) is 25.5 Å². The number of thioether (sulfide) groups is 1. The maximum absolute atomic E-state index is 13.6. The Morgan fingerprint density at radius 2 is 1.75 bits per heavy atom. The zero-order valence-electron chi connectivity index (χ0n) is 16.0. The average molecular weight is 409 g/mol. The molecular weight excluding hydrogens is 388 g/mol. The molecule has 0 aliphatic rings. The van der Waals surface area contributed by atoms with Crippen LogP contribution in [0.4, 0.5) is 14.5 Å². The molecule has 2 aromatic rings. The minimum absolute atomic E-state index is 0.0231. The number of carbonyl (C=O) groups is 2. The molecule has 6 nitrogen and oxygen atoms in total. The van der Waals surface area contributed by atoms with Crippen molar-refractivity contribution in [3.63, 3.8) is 0 Å². The van der Waals surface area contributed by atoms with Gasteiger partial charge in [0.15, 0.2) is 11.3 Å². The van der Waals surface area contributed by atoms with E-state index in [0.29, 0.717) is 11.6 Å². The fourth-order valence-corrected chi connectivity index (χ4v) is 3.00. The van der Waals surface area contributed by atoms with Gasteiger partial charge < -0.3 is 10.1 Å². The lowest BCUT2D eigenvalue weighted by molar-refractivity contribution is -0.153. The number of halogens is 2. The average Bonchev–Trinajstić information content (AvgIpc) is 2.63. The lowest BCUT2D eigenvalue weighted by Gasteiger charge is -2.15. The van der Waals surface area contributed by atoms with E-state index >= 15 is 0 Å². The third-order valence-electron chi connectivity index (χ3n) is 4.05. The first-order valence-electron chi connectivity index (χ1n) is 8.55. The quantitative estimate of drug-likeness (QED) is 0.428. The van der Waals surface area contributed by atoms with Gasteiger partial charge in [-0.1, -0.05) is 17.8 Å². The second-order valence-corrected chi connectivity index (χ2v) is 6.85. The van der Waals surface area contributed by atoms with Crippen molar-refractivity contribution < 1.29 is 23.1 Å². The Bertz CT molecular complexity index is 849. The van der Waals surface area contributed by atoms with Gasteiger partial charge in [0.25, 0.3) is 5.91 Å². The highest BCUT2D eigenvalue weighted by atomic mass is 32.2. The molecule has 1 N–H and O–H groups in total. The van der Waals surface area contributed by atoms with Crippen LogP contribution >= 0.6 is 11.8 Å². The molecule has 2 rings (SSSR count). The minimum Gasteiger partial charge on any atom is -0.453 e. The summed E-state index contributed by atoms with van der Waals surface area (Å²) in [6.07, 6.45) is 1.06. The predicted octanol–water partition coefficient (Wildman–Crippen LogP) is 3.60. The number of benzene rings is 1. The number of carbonyl (C=O) groups excluding carboxylic acids is 2. The Labute approximate surface area is 166 Å². The normalized spacial score (nSPS) is 11.8. The molecule has 9 heteroatoms. The van der Waals surface area contributed by atoms with Crippen molar-refractivity contribution in [3.8, 4) is 0 Å². The topological polar surface area (TPSA) is 81.2 Å². The Morgan fingerprint density at radius 1 is 1.18 bits per heavy atom. The van der Waals surface area contributed by atoms with Gasteiger partial charge in [-0.3, -0.25) is 9.59 Å². The number of aryl methyl sites for hydroxylation is 2. The largest absolute Gasteiger partial charge is 0.453 e. The second-order valence-electron chi connectivity index (χ2n) is 6.08. The van der Waals surface area contributed by atoms with Crippen LogP contribution in [0.2, 0.25) is 0 Å². The van der Waals surface area contributed by atoms with Crippen molar-refractivity contribution in [2.24, 2.45) is 0 Å². The molecule has 150 valence electrons. The van der Waals surface area contributed by atoms with E-state index in [9.17, 15) is 18.4 Å². The first kappa shape index (κ1) is 21.7. The van der Waals surface area contributed by atoms with Gasteiger partial charge in [-0.15, -0.1) is 0 Å². The number of nitrogens with zero attached hydrogens (tertiary/aromatic N) is 2. The third-order valence-corrected chi connectivity index (χ3v) is 4.60. The Morgan fingerprint density at radius 3 is 2.29 bits per heavy atom.